The highest BCUT2D eigenvalue weighted by molar-refractivity contribution is 5.95. The van der Waals surface area contributed by atoms with Gasteiger partial charge in [0.1, 0.15) is 5.82 Å². The minimum Gasteiger partial charge on any atom is -0.356 e. The molecule has 38 heavy (non-hydrogen) atoms. The van der Waals surface area contributed by atoms with Crippen molar-refractivity contribution in [2.24, 2.45) is 11.8 Å². The fourth-order valence-corrected chi connectivity index (χ4v) is 6.26. The predicted octanol–water partition coefficient (Wildman–Crippen LogP) is 3.27. The molecule has 1 aromatic carbocycles. The zero-order chi connectivity index (χ0) is 26.5. The third-order valence-electron chi connectivity index (χ3n) is 8.33. The summed E-state index contributed by atoms with van der Waals surface area (Å²) in [4.78, 5) is 51.3. The second-order valence-corrected chi connectivity index (χ2v) is 10.9. The molecule has 0 spiro atoms. The Hall–Kier alpha value is -3.42. The number of fused-ring (bicyclic) bond motifs is 1. The number of aromatic nitrogens is 1. The van der Waals surface area contributed by atoms with E-state index in [1.165, 1.54) is 0 Å². The van der Waals surface area contributed by atoms with Gasteiger partial charge in [0.15, 0.2) is 0 Å². The van der Waals surface area contributed by atoms with Crippen molar-refractivity contribution in [1.82, 2.24) is 20.1 Å². The van der Waals surface area contributed by atoms with Crippen molar-refractivity contribution < 1.29 is 14.4 Å². The van der Waals surface area contributed by atoms with Crippen LogP contribution in [0.5, 0.6) is 0 Å². The first kappa shape index (κ1) is 26.2. The second kappa shape index (κ2) is 12.0. The lowest BCUT2D eigenvalue weighted by Gasteiger charge is -2.36. The number of pyridine rings is 1. The van der Waals surface area contributed by atoms with Crippen LogP contribution in [0.25, 0.3) is 0 Å². The van der Waals surface area contributed by atoms with Crippen LogP contribution in [0.3, 0.4) is 0 Å². The van der Waals surface area contributed by atoms with Gasteiger partial charge in [0.05, 0.1) is 5.92 Å². The Morgan fingerprint density at radius 1 is 0.921 bits per heavy atom. The number of carbonyl (C=O) groups excluding carboxylic acids is 3. The predicted molar refractivity (Wildman–Crippen MR) is 147 cm³/mol. The quantitative estimate of drug-likeness (QED) is 0.676. The highest BCUT2D eigenvalue weighted by atomic mass is 16.2. The summed E-state index contributed by atoms with van der Waals surface area (Å²) in [6.07, 6.45) is 6.73. The summed E-state index contributed by atoms with van der Waals surface area (Å²) < 4.78 is 0. The summed E-state index contributed by atoms with van der Waals surface area (Å²) in [6.45, 7) is 6.00. The average molecular weight is 518 g/mol. The molecule has 1 aromatic heterocycles. The lowest BCUT2D eigenvalue weighted by molar-refractivity contribution is -0.135. The van der Waals surface area contributed by atoms with Gasteiger partial charge in [-0.15, -0.1) is 0 Å². The van der Waals surface area contributed by atoms with Crippen LogP contribution < -0.4 is 10.2 Å². The molecule has 8 nitrogen and oxygen atoms in total. The standard InChI is InChI=1S/C30H39N5O3/c1-22-9-8-10-23(19-22)30(38)35-14-7-3-2-5-13-32-28(36)25-20-24(21-26(25)35)29(37)34-17-15-33(16-18-34)27-11-4-6-12-31-27/h4,6,8-12,19,24-26H,2-3,5,7,13-18,20-21H2,1H3,(H,32,36)/t24-,25-,26+/m1/s1. The summed E-state index contributed by atoms with van der Waals surface area (Å²) in [5, 5.41) is 3.11. The third kappa shape index (κ3) is 5.84. The summed E-state index contributed by atoms with van der Waals surface area (Å²) >= 11 is 0. The van der Waals surface area contributed by atoms with Crippen molar-refractivity contribution in [1.29, 1.82) is 0 Å². The van der Waals surface area contributed by atoms with E-state index in [-0.39, 0.29) is 35.6 Å². The fourth-order valence-electron chi connectivity index (χ4n) is 6.26. The van der Waals surface area contributed by atoms with E-state index in [9.17, 15) is 14.4 Å². The van der Waals surface area contributed by atoms with Crippen LogP contribution in [0.2, 0.25) is 0 Å². The van der Waals surface area contributed by atoms with Crippen LogP contribution in [-0.2, 0) is 9.59 Å². The Morgan fingerprint density at radius 2 is 1.74 bits per heavy atom. The van der Waals surface area contributed by atoms with Crippen molar-refractivity contribution in [3.05, 3.63) is 59.8 Å². The Bertz CT molecular complexity index is 1130. The van der Waals surface area contributed by atoms with Gasteiger partial charge in [-0.05, 0) is 56.9 Å². The maximum absolute atomic E-state index is 13.8. The molecule has 0 bridgehead atoms. The topological polar surface area (TPSA) is 85.8 Å². The highest BCUT2D eigenvalue weighted by Gasteiger charge is 2.46. The molecule has 1 N–H and O–H groups in total. The Balaban J connectivity index is 1.33. The van der Waals surface area contributed by atoms with E-state index in [0.29, 0.717) is 44.6 Å². The summed E-state index contributed by atoms with van der Waals surface area (Å²) in [6, 6.07) is 13.3. The van der Waals surface area contributed by atoms with Gasteiger partial charge in [-0.1, -0.05) is 36.6 Å². The molecule has 2 saturated heterocycles. The largest absolute Gasteiger partial charge is 0.356 e. The number of rotatable bonds is 3. The molecule has 3 atom stereocenters. The van der Waals surface area contributed by atoms with E-state index >= 15 is 0 Å². The Kier molecular flexibility index (Phi) is 8.25. The molecule has 2 aliphatic heterocycles. The van der Waals surface area contributed by atoms with E-state index in [0.717, 1.165) is 50.2 Å². The van der Waals surface area contributed by atoms with Gasteiger partial charge in [0.25, 0.3) is 5.91 Å². The molecule has 8 heteroatoms. The van der Waals surface area contributed by atoms with Gasteiger partial charge in [-0.2, -0.15) is 0 Å². The van der Waals surface area contributed by atoms with Gasteiger partial charge < -0.3 is 20.0 Å². The molecule has 1 aliphatic carbocycles. The van der Waals surface area contributed by atoms with Gasteiger partial charge >= 0.3 is 0 Å². The van der Waals surface area contributed by atoms with Crippen LogP contribution in [0.15, 0.2) is 48.7 Å². The van der Waals surface area contributed by atoms with Crippen LogP contribution in [0.1, 0.15) is 54.4 Å². The zero-order valence-electron chi connectivity index (χ0n) is 22.3. The molecule has 5 rings (SSSR count). The van der Waals surface area contributed by atoms with Crippen LogP contribution in [0, 0.1) is 18.8 Å². The van der Waals surface area contributed by atoms with Crippen molar-refractivity contribution in [2.45, 2.75) is 51.5 Å². The van der Waals surface area contributed by atoms with E-state index in [1.807, 2.05) is 59.2 Å². The van der Waals surface area contributed by atoms with Crippen LogP contribution >= 0.6 is 0 Å². The first-order chi connectivity index (χ1) is 18.5. The lowest BCUT2D eigenvalue weighted by atomic mass is 9.99. The Labute approximate surface area is 225 Å². The minimum atomic E-state index is -0.370. The molecule has 1 saturated carbocycles. The van der Waals surface area contributed by atoms with Crippen molar-refractivity contribution in [2.75, 3.05) is 44.2 Å². The van der Waals surface area contributed by atoms with Crippen LogP contribution in [0.4, 0.5) is 5.82 Å². The van der Waals surface area contributed by atoms with Gasteiger partial charge in [0, 0.05) is 63.0 Å². The summed E-state index contributed by atoms with van der Waals surface area (Å²) in [5.41, 5.74) is 1.69. The van der Waals surface area contributed by atoms with E-state index < -0.39 is 0 Å². The summed E-state index contributed by atoms with van der Waals surface area (Å²) in [5.74, 6) is 0.366. The molecule has 3 aliphatic rings. The molecule has 202 valence electrons. The monoisotopic (exact) mass is 517 g/mol. The van der Waals surface area contributed by atoms with Gasteiger partial charge in [0.2, 0.25) is 11.8 Å². The Morgan fingerprint density at radius 3 is 2.50 bits per heavy atom. The minimum absolute atomic E-state index is 0.0192. The van der Waals surface area contributed by atoms with Gasteiger partial charge in [-0.25, -0.2) is 4.98 Å². The molecule has 0 unspecified atom stereocenters. The van der Waals surface area contributed by atoms with E-state index in [4.69, 9.17) is 0 Å². The maximum Gasteiger partial charge on any atom is 0.254 e. The lowest BCUT2D eigenvalue weighted by Crippen LogP contribution is -2.50. The van der Waals surface area contributed by atoms with Crippen LogP contribution in [-0.4, -0.2) is 77.8 Å². The number of amides is 3. The molecule has 0 radical (unpaired) electrons. The normalized spacial score (nSPS) is 24.8. The molecule has 3 amide bonds. The first-order valence-electron chi connectivity index (χ1n) is 14.1. The number of nitrogens with one attached hydrogen (secondary N) is 1. The maximum atomic E-state index is 13.8. The fraction of sp³-hybridized carbons (Fsp3) is 0.533. The molecular formula is C30H39N5O3. The van der Waals surface area contributed by atoms with E-state index in [1.54, 1.807) is 6.20 Å². The number of carbonyl (C=O) groups is 3. The number of anilines is 1. The second-order valence-electron chi connectivity index (χ2n) is 10.9. The van der Waals surface area contributed by atoms with Crippen molar-refractivity contribution >= 4 is 23.5 Å². The molecule has 2 aromatic rings. The average Bonchev–Trinajstić information content (AvgIpc) is 3.38. The molecule has 3 fully saturated rings. The molecule has 3 heterocycles. The smallest absolute Gasteiger partial charge is 0.254 e. The SMILES string of the molecule is Cc1cccc(C(=O)N2CCCCCCNC(=O)[C@@H]3C[C@@H](C(=O)N4CCN(c5ccccn5)CC4)C[C@@H]32)c1. The number of hydrogen-bond acceptors (Lipinski definition) is 5. The van der Waals surface area contributed by atoms with Crippen molar-refractivity contribution in [3.8, 4) is 0 Å². The summed E-state index contributed by atoms with van der Waals surface area (Å²) in [7, 11) is 0. The first-order valence-corrected chi connectivity index (χ1v) is 14.1. The number of piperazine rings is 1. The van der Waals surface area contributed by atoms with Gasteiger partial charge in [-0.3, -0.25) is 14.4 Å². The molecular weight excluding hydrogens is 478 g/mol. The number of benzene rings is 1. The third-order valence-corrected chi connectivity index (χ3v) is 8.33. The highest BCUT2D eigenvalue weighted by Crippen LogP contribution is 2.37. The van der Waals surface area contributed by atoms with Crippen molar-refractivity contribution in [3.63, 3.8) is 0 Å². The number of nitrogens with zero attached hydrogens (tertiary/aromatic N) is 4. The number of hydrogen-bond donors (Lipinski definition) is 1. The number of aryl methyl sites for hydroxylation is 1. The van der Waals surface area contributed by atoms with E-state index in [2.05, 4.69) is 15.2 Å². The zero-order valence-corrected chi connectivity index (χ0v) is 22.3.